The molecule has 1 N–H and O–H groups in total. The molecule has 0 saturated heterocycles. The van der Waals surface area contributed by atoms with Gasteiger partial charge >= 0.3 is 0 Å². The molecule has 106 valence electrons. The van der Waals surface area contributed by atoms with Gasteiger partial charge in [-0.15, -0.1) is 0 Å². The van der Waals surface area contributed by atoms with Crippen molar-refractivity contribution in [2.45, 2.75) is 52.5 Å². The molecular formula is C17H26ClN. The van der Waals surface area contributed by atoms with E-state index < -0.39 is 0 Å². The fraction of sp³-hybridized carbons (Fsp3) is 0.647. The molecule has 1 unspecified atom stereocenters. The second kappa shape index (κ2) is 6.28. The highest BCUT2D eigenvalue weighted by molar-refractivity contribution is 6.30. The first-order chi connectivity index (χ1) is 9.02. The Hall–Kier alpha value is -0.530. The minimum atomic E-state index is 0.485. The van der Waals surface area contributed by atoms with E-state index >= 15 is 0 Å². The maximum atomic E-state index is 6.00. The first-order valence-electron chi connectivity index (χ1n) is 7.51. The van der Waals surface area contributed by atoms with Crippen molar-refractivity contribution in [2.75, 3.05) is 6.54 Å². The van der Waals surface area contributed by atoms with Gasteiger partial charge in [-0.1, -0.05) is 44.5 Å². The van der Waals surface area contributed by atoms with Crippen molar-refractivity contribution in [1.29, 1.82) is 0 Å². The first-order valence-corrected chi connectivity index (χ1v) is 7.88. The van der Waals surface area contributed by atoms with E-state index in [4.69, 9.17) is 11.6 Å². The Morgan fingerprint density at radius 1 is 1.21 bits per heavy atom. The van der Waals surface area contributed by atoms with Crippen molar-refractivity contribution in [3.05, 3.63) is 34.9 Å². The molecule has 0 aliphatic heterocycles. The van der Waals surface area contributed by atoms with E-state index in [1.54, 1.807) is 0 Å². The summed E-state index contributed by atoms with van der Waals surface area (Å²) >= 11 is 6.00. The average Bonchev–Trinajstić information content (AvgIpc) is 2.38. The second-order valence-corrected chi connectivity index (χ2v) is 7.02. The molecule has 1 saturated carbocycles. The van der Waals surface area contributed by atoms with E-state index in [2.05, 4.69) is 38.2 Å². The highest BCUT2D eigenvalue weighted by atomic mass is 35.5. The van der Waals surface area contributed by atoms with Crippen molar-refractivity contribution in [1.82, 2.24) is 5.32 Å². The molecule has 1 atom stereocenters. The molecule has 0 radical (unpaired) electrons. The fourth-order valence-electron chi connectivity index (χ4n) is 3.20. The predicted octanol–water partition coefficient (Wildman–Crippen LogP) is 5.21. The van der Waals surface area contributed by atoms with E-state index in [-0.39, 0.29) is 0 Å². The summed E-state index contributed by atoms with van der Waals surface area (Å²) in [4.78, 5) is 0. The van der Waals surface area contributed by atoms with E-state index in [1.807, 2.05) is 12.1 Å². The van der Waals surface area contributed by atoms with Crippen LogP contribution in [0.1, 0.15) is 58.1 Å². The zero-order chi connectivity index (χ0) is 13.9. The van der Waals surface area contributed by atoms with Crippen LogP contribution >= 0.6 is 11.6 Å². The van der Waals surface area contributed by atoms with Crippen molar-refractivity contribution in [3.63, 3.8) is 0 Å². The summed E-state index contributed by atoms with van der Waals surface area (Å²) in [6.45, 7) is 8.00. The van der Waals surface area contributed by atoms with Crippen molar-refractivity contribution >= 4 is 11.6 Å². The summed E-state index contributed by atoms with van der Waals surface area (Å²) in [7, 11) is 0. The lowest BCUT2D eigenvalue weighted by atomic mass is 9.70. The number of hydrogen-bond donors (Lipinski definition) is 1. The monoisotopic (exact) mass is 279 g/mol. The van der Waals surface area contributed by atoms with E-state index in [0.29, 0.717) is 11.5 Å². The van der Waals surface area contributed by atoms with Crippen LogP contribution in [0, 0.1) is 11.3 Å². The Labute approximate surface area is 122 Å². The Balaban J connectivity index is 2.10. The van der Waals surface area contributed by atoms with Gasteiger partial charge in [-0.3, -0.25) is 0 Å². The Kier molecular flexibility index (Phi) is 4.92. The molecule has 1 fully saturated rings. The van der Waals surface area contributed by atoms with Crippen LogP contribution in [-0.2, 0) is 0 Å². The zero-order valence-electron chi connectivity index (χ0n) is 12.4. The van der Waals surface area contributed by atoms with Gasteiger partial charge in [0.25, 0.3) is 0 Å². The van der Waals surface area contributed by atoms with Crippen molar-refractivity contribution in [3.8, 4) is 0 Å². The maximum absolute atomic E-state index is 6.00. The van der Waals surface area contributed by atoms with Gasteiger partial charge in [0.05, 0.1) is 0 Å². The highest BCUT2D eigenvalue weighted by Crippen LogP contribution is 2.42. The van der Waals surface area contributed by atoms with Gasteiger partial charge in [-0.25, -0.2) is 0 Å². The van der Waals surface area contributed by atoms with Crippen LogP contribution in [0.3, 0.4) is 0 Å². The molecule has 19 heavy (non-hydrogen) atoms. The van der Waals surface area contributed by atoms with Crippen LogP contribution in [-0.4, -0.2) is 6.54 Å². The molecule has 2 rings (SSSR count). The summed E-state index contributed by atoms with van der Waals surface area (Å²) < 4.78 is 0. The smallest absolute Gasteiger partial charge is 0.0406 e. The standard InChI is InChI=1S/C17H26ClN/c1-4-19-16(13-5-7-15(18)8-6-13)14-9-11-17(2,3)12-10-14/h5-8,14,16,19H,4,9-12H2,1-3H3. The van der Waals surface area contributed by atoms with Crippen molar-refractivity contribution in [2.24, 2.45) is 11.3 Å². The van der Waals surface area contributed by atoms with Gasteiger partial charge in [0.2, 0.25) is 0 Å². The molecule has 1 aromatic rings. The van der Waals surface area contributed by atoms with Crippen molar-refractivity contribution < 1.29 is 0 Å². The summed E-state index contributed by atoms with van der Waals surface area (Å²) in [5, 5.41) is 4.50. The van der Waals surface area contributed by atoms with Crippen LogP contribution < -0.4 is 5.32 Å². The molecule has 0 amide bonds. The second-order valence-electron chi connectivity index (χ2n) is 6.59. The van der Waals surface area contributed by atoms with Crippen LogP contribution in [0.2, 0.25) is 5.02 Å². The predicted molar refractivity (Wildman–Crippen MR) is 83.6 cm³/mol. The van der Waals surface area contributed by atoms with Gasteiger partial charge in [0.15, 0.2) is 0 Å². The van der Waals surface area contributed by atoms with Crippen LogP contribution in [0.15, 0.2) is 24.3 Å². The molecule has 0 bridgehead atoms. The number of nitrogens with one attached hydrogen (secondary N) is 1. The Bertz CT molecular complexity index is 386. The maximum Gasteiger partial charge on any atom is 0.0406 e. The molecule has 0 heterocycles. The van der Waals surface area contributed by atoms with Crippen LogP contribution in [0.5, 0.6) is 0 Å². The summed E-state index contributed by atoms with van der Waals surface area (Å²) in [6, 6.07) is 8.85. The van der Waals surface area contributed by atoms with Gasteiger partial charge < -0.3 is 5.32 Å². The number of rotatable bonds is 4. The molecular weight excluding hydrogens is 254 g/mol. The topological polar surface area (TPSA) is 12.0 Å². The third-order valence-electron chi connectivity index (χ3n) is 4.51. The number of hydrogen-bond acceptors (Lipinski definition) is 1. The molecule has 1 aromatic carbocycles. The Morgan fingerprint density at radius 2 is 1.79 bits per heavy atom. The third-order valence-corrected chi connectivity index (χ3v) is 4.76. The minimum absolute atomic E-state index is 0.485. The molecule has 1 aliphatic rings. The molecule has 0 spiro atoms. The van der Waals surface area contributed by atoms with Gasteiger partial charge in [0, 0.05) is 11.1 Å². The summed E-state index contributed by atoms with van der Waals surface area (Å²) in [5.41, 5.74) is 1.92. The summed E-state index contributed by atoms with van der Waals surface area (Å²) in [6.07, 6.45) is 5.33. The van der Waals surface area contributed by atoms with Crippen LogP contribution in [0.25, 0.3) is 0 Å². The number of benzene rings is 1. The lowest BCUT2D eigenvalue weighted by molar-refractivity contribution is 0.162. The molecule has 2 heteroatoms. The van der Waals surface area contributed by atoms with Gasteiger partial charge in [-0.2, -0.15) is 0 Å². The third kappa shape index (κ3) is 3.97. The van der Waals surface area contributed by atoms with E-state index in [9.17, 15) is 0 Å². The normalized spacial score (nSPS) is 21.3. The van der Waals surface area contributed by atoms with Crippen LogP contribution in [0.4, 0.5) is 0 Å². The zero-order valence-corrected chi connectivity index (χ0v) is 13.1. The lowest BCUT2D eigenvalue weighted by Gasteiger charge is -2.38. The average molecular weight is 280 g/mol. The largest absolute Gasteiger partial charge is 0.310 e. The van der Waals surface area contributed by atoms with Gasteiger partial charge in [0.1, 0.15) is 0 Å². The number of halogens is 1. The summed E-state index contributed by atoms with van der Waals surface area (Å²) in [5.74, 6) is 0.758. The fourth-order valence-corrected chi connectivity index (χ4v) is 3.33. The van der Waals surface area contributed by atoms with Gasteiger partial charge in [-0.05, 0) is 61.3 Å². The first kappa shape index (κ1) is 14.9. The highest BCUT2D eigenvalue weighted by Gasteiger charge is 2.31. The van der Waals surface area contributed by atoms with E-state index in [1.165, 1.54) is 31.2 Å². The molecule has 1 nitrogen and oxygen atoms in total. The minimum Gasteiger partial charge on any atom is -0.310 e. The Morgan fingerprint density at radius 3 is 2.32 bits per heavy atom. The SMILES string of the molecule is CCNC(c1ccc(Cl)cc1)C1CCC(C)(C)CC1. The lowest BCUT2D eigenvalue weighted by Crippen LogP contribution is -2.32. The molecule has 0 aromatic heterocycles. The molecule has 1 aliphatic carbocycles. The van der Waals surface area contributed by atoms with E-state index in [0.717, 1.165) is 17.5 Å². The quantitative estimate of drug-likeness (QED) is 0.798.